The van der Waals surface area contributed by atoms with Gasteiger partial charge in [-0.15, -0.1) is 0 Å². The van der Waals surface area contributed by atoms with E-state index in [2.05, 4.69) is 15.3 Å². The van der Waals surface area contributed by atoms with Crippen LogP contribution in [0.1, 0.15) is 32.1 Å². The lowest BCUT2D eigenvalue weighted by molar-refractivity contribution is 0.462. The predicted octanol–water partition coefficient (Wildman–Crippen LogP) is 1.80. The van der Waals surface area contributed by atoms with Gasteiger partial charge >= 0.3 is 0 Å². The maximum atomic E-state index is 5.50. The molecule has 1 aromatic heterocycles. The van der Waals surface area contributed by atoms with Crippen LogP contribution in [0.15, 0.2) is 12.3 Å². The van der Waals surface area contributed by atoms with E-state index >= 15 is 0 Å². The third kappa shape index (κ3) is 2.34. The fraction of sp³-hybridized carbons (Fsp3) is 0.600. The first-order valence-electron chi connectivity index (χ1n) is 5.19. The van der Waals surface area contributed by atoms with Gasteiger partial charge in [0.2, 0.25) is 5.95 Å². The Morgan fingerprint density at radius 2 is 2.07 bits per heavy atom. The number of nitrogen functional groups attached to an aromatic ring is 1. The molecule has 1 aliphatic rings. The zero-order valence-corrected chi connectivity index (χ0v) is 8.24. The summed E-state index contributed by atoms with van der Waals surface area (Å²) in [5.41, 5.74) is 5.50. The zero-order valence-electron chi connectivity index (χ0n) is 8.24. The van der Waals surface area contributed by atoms with E-state index in [9.17, 15) is 0 Å². The molecule has 1 aliphatic carbocycles. The van der Waals surface area contributed by atoms with Crippen LogP contribution in [0.25, 0.3) is 0 Å². The first-order valence-corrected chi connectivity index (χ1v) is 5.19. The molecule has 2 rings (SSSR count). The molecule has 0 bridgehead atoms. The maximum Gasteiger partial charge on any atom is 0.221 e. The summed E-state index contributed by atoms with van der Waals surface area (Å²) in [4.78, 5) is 7.98. The average Bonchev–Trinajstić information content (AvgIpc) is 2.19. The highest BCUT2D eigenvalue weighted by Crippen LogP contribution is 2.20. The van der Waals surface area contributed by atoms with Crippen molar-refractivity contribution in [2.75, 3.05) is 11.1 Å². The standard InChI is InChI=1S/C10H16N4/c11-10-12-7-6-9(14-10)13-8-4-2-1-3-5-8/h6-8H,1-5H2,(H3,11,12,13,14). The number of aromatic nitrogens is 2. The summed E-state index contributed by atoms with van der Waals surface area (Å²) in [7, 11) is 0. The first kappa shape index (κ1) is 9.24. The van der Waals surface area contributed by atoms with Crippen molar-refractivity contribution < 1.29 is 0 Å². The van der Waals surface area contributed by atoms with Crippen LogP contribution in [0.3, 0.4) is 0 Å². The molecule has 0 aromatic carbocycles. The van der Waals surface area contributed by atoms with Crippen molar-refractivity contribution in [3.05, 3.63) is 12.3 Å². The highest BCUT2D eigenvalue weighted by atomic mass is 15.1. The largest absolute Gasteiger partial charge is 0.368 e. The highest BCUT2D eigenvalue weighted by Gasteiger charge is 2.13. The van der Waals surface area contributed by atoms with Gasteiger partial charge in [-0.1, -0.05) is 19.3 Å². The monoisotopic (exact) mass is 192 g/mol. The van der Waals surface area contributed by atoms with Crippen molar-refractivity contribution in [1.82, 2.24) is 9.97 Å². The minimum atomic E-state index is 0.339. The summed E-state index contributed by atoms with van der Waals surface area (Å²) in [5.74, 6) is 1.19. The van der Waals surface area contributed by atoms with Crippen LogP contribution in [0, 0.1) is 0 Å². The van der Waals surface area contributed by atoms with Gasteiger partial charge in [0.05, 0.1) is 0 Å². The molecule has 76 valence electrons. The second-order valence-corrected chi connectivity index (χ2v) is 3.78. The number of rotatable bonds is 2. The van der Waals surface area contributed by atoms with Crippen LogP contribution >= 0.6 is 0 Å². The van der Waals surface area contributed by atoms with Crippen molar-refractivity contribution in [2.24, 2.45) is 0 Å². The number of anilines is 2. The summed E-state index contributed by atoms with van der Waals surface area (Å²) in [6.07, 6.45) is 8.17. The van der Waals surface area contributed by atoms with Crippen LogP contribution in [-0.2, 0) is 0 Å². The van der Waals surface area contributed by atoms with Gasteiger partial charge in [0.15, 0.2) is 0 Å². The van der Waals surface area contributed by atoms with Gasteiger partial charge in [0.1, 0.15) is 5.82 Å². The fourth-order valence-electron chi connectivity index (χ4n) is 1.91. The minimum absolute atomic E-state index is 0.339. The van der Waals surface area contributed by atoms with Crippen molar-refractivity contribution in [3.8, 4) is 0 Å². The molecule has 0 atom stereocenters. The Hall–Kier alpha value is -1.32. The summed E-state index contributed by atoms with van der Waals surface area (Å²) in [6, 6.07) is 2.43. The Balaban J connectivity index is 1.95. The van der Waals surface area contributed by atoms with Crippen LogP contribution in [0.5, 0.6) is 0 Å². The Labute approximate surface area is 83.9 Å². The van der Waals surface area contributed by atoms with E-state index in [0.717, 1.165) is 5.82 Å². The van der Waals surface area contributed by atoms with Gasteiger partial charge in [-0.3, -0.25) is 0 Å². The molecule has 0 saturated heterocycles. The number of nitrogens with one attached hydrogen (secondary N) is 1. The summed E-state index contributed by atoms with van der Waals surface area (Å²) >= 11 is 0. The topological polar surface area (TPSA) is 63.8 Å². The molecule has 0 spiro atoms. The molecular weight excluding hydrogens is 176 g/mol. The van der Waals surface area contributed by atoms with Gasteiger partial charge < -0.3 is 11.1 Å². The van der Waals surface area contributed by atoms with Gasteiger partial charge in [0, 0.05) is 12.2 Å². The highest BCUT2D eigenvalue weighted by molar-refractivity contribution is 5.38. The number of nitrogens with zero attached hydrogens (tertiary/aromatic N) is 2. The van der Waals surface area contributed by atoms with Crippen molar-refractivity contribution in [1.29, 1.82) is 0 Å². The molecule has 4 nitrogen and oxygen atoms in total. The van der Waals surface area contributed by atoms with Crippen LogP contribution in [0.2, 0.25) is 0 Å². The van der Waals surface area contributed by atoms with E-state index < -0.39 is 0 Å². The Bertz CT molecular complexity index is 294. The second kappa shape index (κ2) is 4.26. The zero-order chi connectivity index (χ0) is 9.80. The fourth-order valence-corrected chi connectivity index (χ4v) is 1.91. The normalized spacial score (nSPS) is 18.0. The number of nitrogens with two attached hydrogens (primary N) is 1. The van der Waals surface area contributed by atoms with Crippen LogP contribution < -0.4 is 11.1 Å². The molecule has 1 saturated carbocycles. The van der Waals surface area contributed by atoms with E-state index in [-0.39, 0.29) is 0 Å². The molecule has 1 heterocycles. The molecule has 0 amide bonds. The predicted molar refractivity (Wildman–Crippen MR) is 56.9 cm³/mol. The molecular formula is C10H16N4. The first-order chi connectivity index (χ1) is 6.84. The molecule has 4 heteroatoms. The molecule has 1 aromatic rings. The van der Waals surface area contributed by atoms with Crippen molar-refractivity contribution in [2.45, 2.75) is 38.1 Å². The molecule has 3 N–H and O–H groups in total. The molecule has 14 heavy (non-hydrogen) atoms. The van der Waals surface area contributed by atoms with E-state index in [0.29, 0.717) is 12.0 Å². The third-order valence-corrected chi connectivity index (χ3v) is 2.63. The van der Waals surface area contributed by atoms with E-state index in [1.165, 1.54) is 32.1 Å². The maximum absolute atomic E-state index is 5.50. The van der Waals surface area contributed by atoms with Gasteiger partial charge in [0.25, 0.3) is 0 Å². The van der Waals surface area contributed by atoms with E-state index in [1.54, 1.807) is 6.20 Å². The van der Waals surface area contributed by atoms with Gasteiger partial charge in [-0.05, 0) is 18.9 Å². The Morgan fingerprint density at radius 1 is 1.29 bits per heavy atom. The van der Waals surface area contributed by atoms with Crippen LogP contribution in [0.4, 0.5) is 11.8 Å². The lowest BCUT2D eigenvalue weighted by Gasteiger charge is -2.23. The smallest absolute Gasteiger partial charge is 0.221 e. The van der Waals surface area contributed by atoms with Crippen molar-refractivity contribution in [3.63, 3.8) is 0 Å². The average molecular weight is 192 g/mol. The second-order valence-electron chi connectivity index (χ2n) is 3.78. The van der Waals surface area contributed by atoms with E-state index in [4.69, 9.17) is 5.73 Å². The summed E-state index contributed by atoms with van der Waals surface area (Å²) in [5, 5.41) is 3.39. The number of hydrogen-bond donors (Lipinski definition) is 2. The summed E-state index contributed by atoms with van der Waals surface area (Å²) in [6.45, 7) is 0. The number of hydrogen-bond acceptors (Lipinski definition) is 4. The Kier molecular flexibility index (Phi) is 2.81. The third-order valence-electron chi connectivity index (χ3n) is 2.63. The molecule has 0 aliphatic heterocycles. The SMILES string of the molecule is Nc1nccc(NC2CCCCC2)n1. The van der Waals surface area contributed by atoms with Crippen molar-refractivity contribution >= 4 is 11.8 Å². The van der Waals surface area contributed by atoms with E-state index in [1.807, 2.05) is 6.07 Å². The summed E-state index contributed by atoms with van der Waals surface area (Å²) < 4.78 is 0. The molecule has 0 radical (unpaired) electrons. The lowest BCUT2D eigenvalue weighted by atomic mass is 9.95. The van der Waals surface area contributed by atoms with Gasteiger partial charge in [-0.2, -0.15) is 4.98 Å². The Morgan fingerprint density at radius 3 is 2.79 bits per heavy atom. The lowest BCUT2D eigenvalue weighted by Crippen LogP contribution is -2.22. The van der Waals surface area contributed by atoms with Gasteiger partial charge in [-0.25, -0.2) is 4.98 Å². The quantitative estimate of drug-likeness (QED) is 0.750. The van der Waals surface area contributed by atoms with Crippen LogP contribution in [-0.4, -0.2) is 16.0 Å². The molecule has 1 fully saturated rings. The minimum Gasteiger partial charge on any atom is -0.368 e. The molecule has 0 unspecified atom stereocenters.